The van der Waals surface area contributed by atoms with Crippen LogP contribution >= 0.6 is 0 Å². The SMILES string of the molecule is CCOC(CC)CCCCC1C(=O)CC2CCCC21. The summed E-state index contributed by atoms with van der Waals surface area (Å²) in [4.78, 5) is 12.0. The van der Waals surface area contributed by atoms with E-state index >= 15 is 0 Å². The Balaban J connectivity index is 1.66. The van der Waals surface area contributed by atoms with Gasteiger partial charge in [-0.2, -0.15) is 0 Å². The molecule has 2 fully saturated rings. The van der Waals surface area contributed by atoms with Crippen LogP contribution in [0.2, 0.25) is 0 Å². The third-order valence-corrected chi connectivity index (χ3v) is 5.26. The molecule has 0 N–H and O–H groups in total. The van der Waals surface area contributed by atoms with E-state index in [1.165, 1.54) is 38.5 Å². The fourth-order valence-electron chi connectivity index (χ4n) is 4.25. The second kappa shape index (κ2) is 7.42. The van der Waals surface area contributed by atoms with Gasteiger partial charge >= 0.3 is 0 Å². The first-order valence-electron chi connectivity index (χ1n) is 8.40. The Bertz CT molecular complexity index is 287. The van der Waals surface area contributed by atoms with Gasteiger partial charge in [0.15, 0.2) is 0 Å². The minimum absolute atomic E-state index is 0.416. The lowest BCUT2D eigenvalue weighted by atomic mass is 9.87. The molecule has 4 unspecified atom stereocenters. The van der Waals surface area contributed by atoms with Crippen molar-refractivity contribution in [2.45, 2.75) is 77.7 Å². The molecule has 0 bridgehead atoms. The maximum Gasteiger partial charge on any atom is 0.136 e. The van der Waals surface area contributed by atoms with Crippen LogP contribution in [-0.2, 0) is 9.53 Å². The number of ether oxygens (including phenoxy) is 1. The average molecular weight is 266 g/mol. The molecule has 0 saturated heterocycles. The topological polar surface area (TPSA) is 26.3 Å². The van der Waals surface area contributed by atoms with Gasteiger partial charge in [-0.3, -0.25) is 4.79 Å². The van der Waals surface area contributed by atoms with Crippen molar-refractivity contribution < 1.29 is 9.53 Å². The van der Waals surface area contributed by atoms with Gasteiger partial charge in [0, 0.05) is 18.9 Å². The molecule has 0 aromatic carbocycles. The Morgan fingerprint density at radius 3 is 2.84 bits per heavy atom. The van der Waals surface area contributed by atoms with E-state index in [0.717, 1.165) is 37.7 Å². The predicted octanol–water partition coefficient (Wildman–Crippen LogP) is 4.37. The highest BCUT2D eigenvalue weighted by Crippen LogP contribution is 2.47. The van der Waals surface area contributed by atoms with Crippen molar-refractivity contribution in [3.8, 4) is 0 Å². The summed E-state index contributed by atoms with van der Waals surface area (Å²) in [5, 5.41) is 0. The number of fused-ring (bicyclic) bond motifs is 1. The van der Waals surface area contributed by atoms with Crippen LogP contribution in [0.3, 0.4) is 0 Å². The summed E-state index contributed by atoms with van der Waals surface area (Å²) in [6.45, 7) is 5.09. The van der Waals surface area contributed by atoms with Crippen LogP contribution < -0.4 is 0 Å². The van der Waals surface area contributed by atoms with Crippen LogP contribution in [-0.4, -0.2) is 18.5 Å². The van der Waals surface area contributed by atoms with Crippen molar-refractivity contribution in [1.82, 2.24) is 0 Å². The number of unbranched alkanes of at least 4 members (excludes halogenated alkanes) is 1. The molecule has 0 amide bonds. The number of hydrogen-bond donors (Lipinski definition) is 0. The van der Waals surface area contributed by atoms with Gasteiger partial charge in [-0.15, -0.1) is 0 Å². The number of Topliss-reactive ketones (excluding diaryl/α,β-unsaturated/α-hetero) is 1. The van der Waals surface area contributed by atoms with E-state index in [4.69, 9.17) is 4.74 Å². The van der Waals surface area contributed by atoms with Gasteiger partial charge in [-0.25, -0.2) is 0 Å². The van der Waals surface area contributed by atoms with E-state index in [0.29, 0.717) is 17.8 Å². The van der Waals surface area contributed by atoms with E-state index in [1.54, 1.807) is 0 Å². The number of carbonyl (C=O) groups excluding carboxylic acids is 1. The van der Waals surface area contributed by atoms with Crippen molar-refractivity contribution in [2.75, 3.05) is 6.61 Å². The minimum Gasteiger partial charge on any atom is -0.379 e. The molecule has 0 aromatic rings. The molecule has 2 rings (SSSR count). The second-order valence-electron chi connectivity index (χ2n) is 6.40. The van der Waals surface area contributed by atoms with Gasteiger partial charge in [0.1, 0.15) is 5.78 Å². The Kier molecular flexibility index (Phi) is 5.87. The van der Waals surface area contributed by atoms with Gasteiger partial charge in [-0.05, 0) is 50.9 Å². The minimum atomic E-state index is 0.416. The molecule has 2 saturated carbocycles. The zero-order valence-electron chi connectivity index (χ0n) is 12.7. The molecule has 0 aromatic heterocycles. The molecule has 19 heavy (non-hydrogen) atoms. The molecule has 2 aliphatic carbocycles. The van der Waals surface area contributed by atoms with Crippen LogP contribution in [0.5, 0.6) is 0 Å². The third-order valence-electron chi connectivity index (χ3n) is 5.26. The first-order valence-corrected chi connectivity index (χ1v) is 8.40. The lowest BCUT2D eigenvalue weighted by Gasteiger charge is -2.18. The lowest BCUT2D eigenvalue weighted by molar-refractivity contribution is -0.121. The van der Waals surface area contributed by atoms with Crippen LogP contribution in [0.25, 0.3) is 0 Å². The zero-order valence-corrected chi connectivity index (χ0v) is 12.7. The maximum absolute atomic E-state index is 12.0. The van der Waals surface area contributed by atoms with E-state index in [-0.39, 0.29) is 0 Å². The summed E-state index contributed by atoms with van der Waals surface area (Å²) in [7, 11) is 0. The Hall–Kier alpha value is -0.370. The quantitative estimate of drug-likeness (QED) is 0.610. The Labute approximate surface area is 118 Å². The summed E-state index contributed by atoms with van der Waals surface area (Å²) >= 11 is 0. The van der Waals surface area contributed by atoms with E-state index in [2.05, 4.69) is 13.8 Å². The number of ketones is 1. The summed E-state index contributed by atoms with van der Waals surface area (Å²) in [6.07, 6.45) is 11.2. The van der Waals surface area contributed by atoms with Crippen molar-refractivity contribution >= 4 is 5.78 Å². The molecule has 4 atom stereocenters. The molecular formula is C17H30O2. The third kappa shape index (κ3) is 3.81. The van der Waals surface area contributed by atoms with Crippen LogP contribution in [0.15, 0.2) is 0 Å². The Morgan fingerprint density at radius 1 is 1.26 bits per heavy atom. The molecule has 2 heteroatoms. The lowest BCUT2D eigenvalue weighted by Crippen LogP contribution is -2.15. The van der Waals surface area contributed by atoms with E-state index in [9.17, 15) is 4.79 Å². The monoisotopic (exact) mass is 266 g/mol. The molecular weight excluding hydrogens is 236 g/mol. The number of carbonyl (C=O) groups is 1. The highest BCUT2D eigenvalue weighted by atomic mass is 16.5. The van der Waals surface area contributed by atoms with Crippen LogP contribution in [0.1, 0.15) is 71.6 Å². The van der Waals surface area contributed by atoms with Gasteiger partial charge in [0.2, 0.25) is 0 Å². The molecule has 0 heterocycles. The average Bonchev–Trinajstić information content (AvgIpc) is 2.95. The number of hydrogen-bond acceptors (Lipinski definition) is 2. The zero-order chi connectivity index (χ0) is 13.7. The number of rotatable bonds is 8. The first kappa shape index (κ1) is 15.0. The predicted molar refractivity (Wildman–Crippen MR) is 78.1 cm³/mol. The molecule has 110 valence electrons. The van der Waals surface area contributed by atoms with E-state index < -0.39 is 0 Å². The first-order chi connectivity index (χ1) is 9.26. The summed E-state index contributed by atoms with van der Waals surface area (Å²) in [5.74, 6) is 2.50. The maximum atomic E-state index is 12.0. The fraction of sp³-hybridized carbons (Fsp3) is 0.941. The second-order valence-corrected chi connectivity index (χ2v) is 6.40. The summed E-state index contributed by atoms with van der Waals surface area (Å²) < 4.78 is 5.69. The summed E-state index contributed by atoms with van der Waals surface area (Å²) in [6, 6.07) is 0. The van der Waals surface area contributed by atoms with Crippen LogP contribution in [0, 0.1) is 17.8 Å². The highest BCUT2D eigenvalue weighted by molar-refractivity contribution is 5.84. The molecule has 0 radical (unpaired) electrons. The van der Waals surface area contributed by atoms with Crippen molar-refractivity contribution in [3.05, 3.63) is 0 Å². The normalized spacial score (nSPS) is 31.7. The Morgan fingerprint density at radius 2 is 2.11 bits per heavy atom. The van der Waals surface area contributed by atoms with Gasteiger partial charge < -0.3 is 4.74 Å². The standard InChI is InChI=1S/C17H30O2/c1-3-14(19-4-2)9-5-6-10-16-15-11-7-8-13(15)12-17(16)18/h13-16H,3-12H2,1-2H3. The molecule has 0 aliphatic heterocycles. The highest BCUT2D eigenvalue weighted by Gasteiger charge is 2.43. The van der Waals surface area contributed by atoms with Crippen molar-refractivity contribution in [1.29, 1.82) is 0 Å². The van der Waals surface area contributed by atoms with E-state index in [1.807, 2.05) is 0 Å². The molecule has 2 nitrogen and oxygen atoms in total. The van der Waals surface area contributed by atoms with Gasteiger partial charge in [-0.1, -0.05) is 26.2 Å². The van der Waals surface area contributed by atoms with Crippen molar-refractivity contribution in [3.63, 3.8) is 0 Å². The fourth-order valence-corrected chi connectivity index (χ4v) is 4.25. The molecule has 2 aliphatic rings. The van der Waals surface area contributed by atoms with Gasteiger partial charge in [0.05, 0.1) is 6.10 Å². The largest absolute Gasteiger partial charge is 0.379 e. The van der Waals surface area contributed by atoms with Gasteiger partial charge in [0.25, 0.3) is 0 Å². The molecule has 0 spiro atoms. The smallest absolute Gasteiger partial charge is 0.136 e. The summed E-state index contributed by atoms with van der Waals surface area (Å²) in [5.41, 5.74) is 0. The van der Waals surface area contributed by atoms with Crippen LogP contribution in [0.4, 0.5) is 0 Å². The van der Waals surface area contributed by atoms with Crippen molar-refractivity contribution in [2.24, 2.45) is 17.8 Å².